The first-order chi connectivity index (χ1) is 9.28. The molecule has 0 aromatic heterocycles. The summed E-state index contributed by atoms with van der Waals surface area (Å²) in [6, 6.07) is 5.96. The molecule has 6 heteroatoms. The highest BCUT2D eigenvalue weighted by molar-refractivity contribution is 6.33. The van der Waals surface area contributed by atoms with Crippen molar-refractivity contribution in [1.82, 2.24) is 5.32 Å². The highest BCUT2D eigenvalue weighted by atomic mass is 35.5. The third-order valence-corrected chi connectivity index (χ3v) is 3.47. The van der Waals surface area contributed by atoms with E-state index < -0.39 is 11.4 Å². The van der Waals surface area contributed by atoms with Crippen LogP contribution in [0.15, 0.2) is 18.2 Å². The average molecular weight is 298 g/mol. The topological polar surface area (TPSA) is 64.9 Å². The predicted octanol–water partition coefficient (Wildman–Crippen LogP) is 2.95. The second kappa shape index (κ2) is 6.58. The normalized spacial score (nSPS) is 13.4. The van der Waals surface area contributed by atoms with Crippen molar-refractivity contribution in [2.24, 2.45) is 5.92 Å². The van der Waals surface area contributed by atoms with Gasteiger partial charge in [0.1, 0.15) is 11.4 Å². The van der Waals surface area contributed by atoms with Gasteiger partial charge in [-0.1, -0.05) is 25.4 Å². The molecule has 20 heavy (non-hydrogen) atoms. The molecule has 0 aliphatic heterocycles. The lowest BCUT2D eigenvalue weighted by atomic mass is 9.90. The van der Waals surface area contributed by atoms with Crippen LogP contribution in [-0.4, -0.2) is 18.0 Å². The fourth-order valence-electron chi connectivity index (χ4n) is 1.44. The van der Waals surface area contributed by atoms with Crippen molar-refractivity contribution in [2.75, 3.05) is 11.9 Å². The third-order valence-electron chi connectivity index (χ3n) is 3.16. The molecule has 0 saturated carbocycles. The monoisotopic (exact) mass is 297 g/mol. The molecule has 0 heterocycles. The Morgan fingerprint density at radius 3 is 2.70 bits per heavy atom. The van der Waals surface area contributed by atoms with Gasteiger partial charge in [0.15, 0.2) is 0 Å². The van der Waals surface area contributed by atoms with E-state index in [1.807, 2.05) is 13.8 Å². The minimum absolute atomic E-state index is 0.0224. The number of amides is 1. The second-order valence-corrected chi connectivity index (χ2v) is 5.40. The second-order valence-electron chi connectivity index (χ2n) is 4.99. The zero-order chi connectivity index (χ0) is 15.3. The highest BCUT2D eigenvalue weighted by Crippen LogP contribution is 2.22. The van der Waals surface area contributed by atoms with Crippen molar-refractivity contribution in [1.29, 1.82) is 5.26 Å². The Hall–Kier alpha value is -1.80. The van der Waals surface area contributed by atoms with Crippen molar-refractivity contribution in [3.05, 3.63) is 29.0 Å². The Balaban J connectivity index is 2.62. The van der Waals surface area contributed by atoms with Crippen molar-refractivity contribution in [3.63, 3.8) is 0 Å². The zero-order valence-corrected chi connectivity index (χ0v) is 12.4. The first-order valence-electron chi connectivity index (χ1n) is 6.19. The molecule has 2 N–H and O–H groups in total. The standard InChI is InChI=1S/C14H17ClFN3O/c1-9(2)14(3,8-17)19-13(20)7-18-12-5-4-10(16)6-11(12)15/h4-6,9,18H,7H2,1-3H3,(H,19,20)/t14-/m1/s1. The molecule has 1 atom stereocenters. The van der Waals surface area contributed by atoms with Gasteiger partial charge in [-0.05, 0) is 31.0 Å². The fraction of sp³-hybridized carbons (Fsp3) is 0.429. The van der Waals surface area contributed by atoms with Gasteiger partial charge >= 0.3 is 0 Å². The van der Waals surface area contributed by atoms with Gasteiger partial charge < -0.3 is 10.6 Å². The Morgan fingerprint density at radius 1 is 1.55 bits per heavy atom. The van der Waals surface area contributed by atoms with E-state index in [0.717, 1.165) is 6.07 Å². The van der Waals surface area contributed by atoms with E-state index in [-0.39, 0.29) is 23.4 Å². The molecule has 0 aliphatic rings. The number of hydrogen-bond acceptors (Lipinski definition) is 3. The summed E-state index contributed by atoms with van der Waals surface area (Å²) in [6.45, 7) is 5.33. The number of nitrogens with zero attached hydrogens (tertiary/aromatic N) is 1. The summed E-state index contributed by atoms with van der Waals surface area (Å²) >= 11 is 5.84. The van der Waals surface area contributed by atoms with Crippen molar-refractivity contribution in [3.8, 4) is 6.07 Å². The number of nitriles is 1. The summed E-state index contributed by atoms with van der Waals surface area (Å²) in [5.74, 6) is -0.795. The van der Waals surface area contributed by atoms with Gasteiger partial charge in [0.2, 0.25) is 5.91 Å². The highest BCUT2D eigenvalue weighted by Gasteiger charge is 2.29. The van der Waals surface area contributed by atoms with Crippen LogP contribution < -0.4 is 10.6 Å². The first kappa shape index (κ1) is 16.3. The lowest BCUT2D eigenvalue weighted by molar-refractivity contribution is -0.121. The molecule has 0 aliphatic carbocycles. The molecule has 4 nitrogen and oxygen atoms in total. The Kier molecular flexibility index (Phi) is 5.34. The number of carbonyl (C=O) groups is 1. The summed E-state index contributed by atoms with van der Waals surface area (Å²) < 4.78 is 12.9. The number of rotatable bonds is 5. The van der Waals surface area contributed by atoms with Gasteiger partial charge in [0.25, 0.3) is 0 Å². The number of anilines is 1. The van der Waals surface area contributed by atoms with Gasteiger partial charge in [-0.3, -0.25) is 4.79 Å². The number of halogens is 2. The van der Waals surface area contributed by atoms with Crippen LogP contribution >= 0.6 is 11.6 Å². The molecule has 0 saturated heterocycles. The van der Waals surface area contributed by atoms with Crippen molar-refractivity contribution >= 4 is 23.2 Å². The Morgan fingerprint density at radius 2 is 2.20 bits per heavy atom. The zero-order valence-electron chi connectivity index (χ0n) is 11.6. The van der Waals surface area contributed by atoms with E-state index in [4.69, 9.17) is 16.9 Å². The average Bonchev–Trinajstić information content (AvgIpc) is 2.37. The minimum atomic E-state index is -0.925. The molecule has 0 spiro atoms. The molecule has 1 amide bonds. The molecular formula is C14H17ClFN3O. The molecule has 0 radical (unpaired) electrons. The number of benzene rings is 1. The molecule has 0 fully saturated rings. The summed E-state index contributed by atoms with van der Waals surface area (Å²) in [5, 5.41) is 14.8. The molecule has 108 valence electrons. The van der Waals surface area contributed by atoms with E-state index in [1.165, 1.54) is 12.1 Å². The van der Waals surface area contributed by atoms with Crippen molar-refractivity contribution < 1.29 is 9.18 Å². The Labute approximate surface area is 122 Å². The molecule has 0 bridgehead atoms. The summed E-state index contributed by atoms with van der Waals surface area (Å²) in [7, 11) is 0. The molecular weight excluding hydrogens is 281 g/mol. The molecule has 1 aromatic rings. The maximum absolute atomic E-state index is 12.9. The molecule has 1 aromatic carbocycles. The van der Waals surface area contributed by atoms with Gasteiger partial charge in [-0.2, -0.15) is 5.26 Å². The van der Waals surface area contributed by atoms with Crippen LogP contribution in [0.1, 0.15) is 20.8 Å². The van der Waals surface area contributed by atoms with Gasteiger partial charge in [-0.15, -0.1) is 0 Å². The Bertz CT molecular complexity index is 542. The smallest absolute Gasteiger partial charge is 0.240 e. The van der Waals surface area contributed by atoms with Crippen LogP contribution in [0, 0.1) is 23.1 Å². The van der Waals surface area contributed by atoms with E-state index in [2.05, 4.69) is 16.7 Å². The summed E-state index contributed by atoms with van der Waals surface area (Å²) in [4.78, 5) is 11.8. The van der Waals surface area contributed by atoms with Crippen LogP contribution in [0.4, 0.5) is 10.1 Å². The predicted molar refractivity (Wildman–Crippen MR) is 76.9 cm³/mol. The minimum Gasteiger partial charge on any atom is -0.375 e. The van der Waals surface area contributed by atoms with Crippen LogP contribution in [-0.2, 0) is 4.79 Å². The van der Waals surface area contributed by atoms with Crippen LogP contribution in [0.25, 0.3) is 0 Å². The van der Waals surface area contributed by atoms with Gasteiger partial charge in [0.05, 0.1) is 23.3 Å². The van der Waals surface area contributed by atoms with E-state index in [9.17, 15) is 9.18 Å². The first-order valence-corrected chi connectivity index (χ1v) is 6.57. The lowest BCUT2D eigenvalue weighted by Gasteiger charge is -2.27. The third kappa shape index (κ3) is 4.10. The molecule has 1 rings (SSSR count). The van der Waals surface area contributed by atoms with E-state index in [1.54, 1.807) is 6.92 Å². The SMILES string of the molecule is CC(C)[C@@](C)(C#N)NC(=O)CNc1ccc(F)cc1Cl. The largest absolute Gasteiger partial charge is 0.375 e. The van der Waals surface area contributed by atoms with E-state index in [0.29, 0.717) is 5.69 Å². The maximum atomic E-state index is 12.9. The lowest BCUT2D eigenvalue weighted by Crippen LogP contribution is -2.50. The van der Waals surface area contributed by atoms with Gasteiger partial charge in [-0.25, -0.2) is 4.39 Å². The summed E-state index contributed by atoms with van der Waals surface area (Å²) in [5.41, 5.74) is -0.461. The fourth-order valence-corrected chi connectivity index (χ4v) is 1.68. The number of hydrogen-bond donors (Lipinski definition) is 2. The van der Waals surface area contributed by atoms with E-state index >= 15 is 0 Å². The number of carbonyl (C=O) groups excluding carboxylic acids is 1. The van der Waals surface area contributed by atoms with Crippen LogP contribution in [0.5, 0.6) is 0 Å². The van der Waals surface area contributed by atoms with Gasteiger partial charge in [0, 0.05) is 0 Å². The van der Waals surface area contributed by atoms with Crippen molar-refractivity contribution in [2.45, 2.75) is 26.3 Å². The molecule has 0 unspecified atom stereocenters. The summed E-state index contributed by atoms with van der Waals surface area (Å²) in [6.07, 6.45) is 0. The van der Waals surface area contributed by atoms with Crippen LogP contribution in [0.2, 0.25) is 5.02 Å². The quantitative estimate of drug-likeness (QED) is 0.878. The maximum Gasteiger partial charge on any atom is 0.240 e. The van der Waals surface area contributed by atoms with Crippen LogP contribution in [0.3, 0.4) is 0 Å². The number of nitrogens with one attached hydrogen (secondary N) is 2.